The lowest BCUT2D eigenvalue weighted by molar-refractivity contribution is -0.642. The van der Waals surface area contributed by atoms with Gasteiger partial charge < -0.3 is 5.32 Å². The van der Waals surface area contributed by atoms with Gasteiger partial charge in [-0.3, -0.25) is 0 Å². The van der Waals surface area contributed by atoms with Gasteiger partial charge in [-0.2, -0.15) is 0 Å². The third-order valence-corrected chi connectivity index (χ3v) is 6.25. The topological polar surface area (TPSA) is 28.8 Å². The maximum absolute atomic E-state index is 6.51. The number of hydrogen-bond donors (Lipinski definition) is 1. The Bertz CT molecular complexity index is 1160. The first kappa shape index (κ1) is 20.9. The number of benzene rings is 3. The first-order valence-electron chi connectivity index (χ1n) is 9.63. The number of rotatable bonds is 4. The van der Waals surface area contributed by atoms with Crippen molar-refractivity contribution in [1.82, 2.24) is 5.10 Å². The molecule has 1 aromatic heterocycles. The van der Waals surface area contributed by atoms with Crippen LogP contribution in [0.5, 0.6) is 0 Å². The van der Waals surface area contributed by atoms with Crippen molar-refractivity contribution in [3.8, 4) is 16.3 Å². The average Bonchev–Trinajstić information content (AvgIpc) is 3.12. The lowest BCUT2D eigenvalue weighted by Gasteiger charge is -2.19. The molecule has 6 heteroatoms. The van der Waals surface area contributed by atoms with Crippen LogP contribution in [0, 0.1) is 0 Å². The van der Waals surface area contributed by atoms with Crippen molar-refractivity contribution in [2.45, 2.75) is 26.2 Å². The Morgan fingerprint density at radius 2 is 1.60 bits per heavy atom. The van der Waals surface area contributed by atoms with E-state index in [0.29, 0.717) is 10.0 Å². The number of aromatic nitrogens is 2. The number of nitrogens with zero attached hydrogens (tertiary/aromatic N) is 2. The van der Waals surface area contributed by atoms with Gasteiger partial charge in [0.15, 0.2) is 0 Å². The predicted octanol–water partition coefficient (Wildman–Crippen LogP) is 7.43. The molecule has 0 atom stereocenters. The molecule has 0 aliphatic heterocycles. The molecule has 4 aromatic rings. The molecule has 1 N–H and O–H groups in total. The lowest BCUT2D eigenvalue weighted by Crippen LogP contribution is -2.34. The summed E-state index contributed by atoms with van der Waals surface area (Å²) in [5.74, 6) is 0. The number of anilines is 2. The maximum Gasteiger partial charge on any atom is 0.306 e. The first-order chi connectivity index (χ1) is 14.3. The van der Waals surface area contributed by atoms with Crippen LogP contribution in [0.4, 0.5) is 10.8 Å². The van der Waals surface area contributed by atoms with Gasteiger partial charge in [-0.1, -0.05) is 74.3 Å². The van der Waals surface area contributed by atoms with Gasteiger partial charge in [0, 0.05) is 27.9 Å². The van der Waals surface area contributed by atoms with E-state index in [1.165, 1.54) is 5.56 Å². The summed E-state index contributed by atoms with van der Waals surface area (Å²) in [4.78, 5) is 0. The van der Waals surface area contributed by atoms with Crippen LogP contribution in [0.3, 0.4) is 0 Å². The third kappa shape index (κ3) is 4.51. The number of halogens is 2. The quantitative estimate of drug-likeness (QED) is 0.324. The zero-order chi connectivity index (χ0) is 21.3. The summed E-state index contributed by atoms with van der Waals surface area (Å²) in [6, 6.07) is 24.0. The van der Waals surface area contributed by atoms with Crippen molar-refractivity contribution in [3.63, 3.8) is 0 Å². The molecule has 0 spiro atoms. The summed E-state index contributed by atoms with van der Waals surface area (Å²) in [6.45, 7) is 6.63. The van der Waals surface area contributed by atoms with Gasteiger partial charge in [0.25, 0.3) is 5.13 Å². The maximum atomic E-state index is 6.51. The van der Waals surface area contributed by atoms with E-state index in [1.807, 2.05) is 47.1 Å². The van der Waals surface area contributed by atoms with Crippen molar-refractivity contribution in [2.24, 2.45) is 0 Å². The largest absolute Gasteiger partial charge is 0.327 e. The molecular formula is C24H22Cl2N3S+. The summed E-state index contributed by atoms with van der Waals surface area (Å²) in [5.41, 5.74) is 4.25. The van der Waals surface area contributed by atoms with Gasteiger partial charge in [0.2, 0.25) is 5.69 Å². The second-order valence-corrected chi connectivity index (χ2v) is 9.86. The van der Waals surface area contributed by atoms with Crippen LogP contribution >= 0.6 is 34.5 Å². The number of hydrogen-bond acceptors (Lipinski definition) is 3. The molecule has 3 aromatic carbocycles. The van der Waals surface area contributed by atoms with Crippen molar-refractivity contribution < 1.29 is 4.68 Å². The molecule has 0 aliphatic carbocycles. The van der Waals surface area contributed by atoms with Crippen molar-refractivity contribution in [1.29, 1.82) is 0 Å². The molecule has 4 rings (SSSR count). The minimum atomic E-state index is 0.120. The van der Waals surface area contributed by atoms with Gasteiger partial charge >= 0.3 is 5.01 Å². The van der Waals surface area contributed by atoms with Gasteiger partial charge in [-0.15, -0.1) is 0 Å². The van der Waals surface area contributed by atoms with E-state index >= 15 is 0 Å². The molecule has 0 fully saturated rings. The fraction of sp³-hybridized carbons (Fsp3) is 0.167. The Hall–Kier alpha value is -2.40. The molecule has 0 saturated carbocycles. The molecule has 30 heavy (non-hydrogen) atoms. The third-order valence-electron chi connectivity index (χ3n) is 4.74. The second kappa shape index (κ2) is 8.38. The molecule has 0 bridgehead atoms. The van der Waals surface area contributed by atoms with Crippen LogP contribution < -0.4 is 10.00 Å². The van der Waals surface area contributed by atoms with E-state index in [0.717, 1.165) is 27.1 Å². The van der Waals surface area contributed by atoms with Gasteiger partial charge in [0.05, 0.1) is 10.6 Å². The highest BCUT2D eigenvalue weighted by atomic mass is 35.5. The Morgan fingerprint density at radius 3 is 2.23 bits per heavy atom. The van der Waals surface area contributed by atoms with Crippen molar-refractivity contribution >= 4 is 45.4 Å². The molecule has 0 aliphatic rings. The predicted molar refractivity (Wildman–Crippen MR) is 128 cm³/mol. The number of para-hydroxylation sites is 1. The highest BCUT2D eigenvalue weighted by Gasteiger charge is 2.26. The summed E-state index contributed by atoms with van der Waals surface area (Å²) in [7, 11) is 0. The first-order valence-corrected chi connectivity index (χ1v) is 11.2. The number of nitrogens with one attached hydrogen (secondary N) is 1. The molecule has 3 nitrogen and oxygen atoms in total. The molecule has 152 valence electrons. The Balaban J connectivity index is 1.74. The average molecular weight is 455 g/mol. The van der Waals surface area contributed by atoms with Crippen molar-refractivity contribution in [3.05, 3.63) is 88.4 Å². The highest BCUT2D eigenvalue weighted by Crippen LogP contribution is 2.34. The SMILES string of the molecule is CC(C)(C)c1ccc(Nc2n[n+](-c3ccccc3)c(-c3ccc(Cl)cc3Cl)s2)cc1. The fourth-order valence-corrected chi connectivity index (χ4v) is 4.64. The molecule has 0 unspecified atom stereocenters. The molecule has 1 heterocycles. The van der Waals surface area contributed by atoms with E-state index in [-0.39, 0.29) is 5.41 Å². The molecule has 0 saturated heterocycles. The minimum Gasteiger partial charge on any atom is -0.327 e. The summed E-state index contributed by atoms with van der Waals surface area (Å²) in [5, 5.41) is 11.2. The van der Waals surface area contributed by atoms with Gasteiger partial charge in [0.1, 0.15) is 0 Å². The van der Waals surface area contributed by atoms with Gasteiger partial charge in [-0.25, -0.2) is 0 Å². The fourth-order valence-electron chi connectivity index (χ4n) is 3.10. The van der Waals surface area contributed by atoms with Gasteiger partial charge in [-0.05, 0) is 57.3 Å². The minimum absolute atomic E-state index is 0.120. The van der Waals surface area contributed by atoms with E-state index < -0.39 is 0 Å². The van der Waals surface area contributed by atoms with E-state index in [2.05, 4.69) is 50.4 Å². The van der Waals surface area contributed by atoms with Crippen molar-refractivity contribution in [2.75, 3.05) is 5.32 Å². The van der Waals surface area contributed by atoms with E-state index in [1.54, 1.807) is 17.4 Å². The standard InChI is InChI=1S/C24H22Cl2N3S/c1-24(2,3)16-9-12-18(13-10-16)27-23-28-29(19-7-5-4-6-8-19)22(30-23)20-14-11-17(25)15-21(20)26/h4-15H,1-3H3,(H,27,28)/q+1. The summed E-state index contributed by atoms with van der Waals surface area (Å²) in [6.07, 6.45) is 0. The Labute approximate surface area is 190 Å². The Kier molecular flexibility index (Phi) is 5.83. The summed E-state index contributed by atoms with van der Waals surface area (Å²) < 4.78 is 1.91. The monoisotopic (exact) mass is 454 g/mol. The van der Waals surface area contributed by atoms with Crippen LogP contribution in [-0.4, -0.2) is 5.10 Å². The van der Waals surface area contributed by atoms with E-state index in [4.69, 9.17) is 28.3 Å². The summed E-state index contributed by atoms with van der Waals surface area (Å²) >= 11 is 14.2. The lowest BCUT2D eigenvalue weighted by atomic mass is 9.87. The molecular weight excluding hydrogens is 433 g/mol. The zero-order valence-corrected chi connectivity index (χ0v) is 19.3. The molecule has 0 amide bonds. The van der Waals surface area contributed by atoms with Crippen LogP contribution in [0.2, 0.25) is 10.0 Å². The van der Waals surface area contributed by atoms with E-state index in [9.17, 15) is 0 Å². The smallest absolute Gasteiger partial charge is 0.306 e. The normalized spacial score (nSPS) is 11.5. The van der Waals surface area contributed by atoms with Crippen LogP contribution in [0.15, 0.2) is 72.8 Å². The highest BCUT2D eigenvalue weighted by molar-refractivity contribution is 7.18. The van der Waals surface area contributed by atoms with Crippen LogP contribution in [0.25, 0.3) is 16.3 Å². The van der Waals surface area contributed by atoms with Crippen LogP contribution in [0.1, 0.15) is 26.3 Å². The zero-order valence-electron chi connectivity index (χ0n) is 17.0. The van der Waals surface area contributed by atoms with Crippen LogP contribution in [-0.2, 0) is 5.41 Å². The molecule has 0 radical (unpaired) electrons. The Morgan fingerprint density at radius 1 is 0.900 bits per heavy atom. The second-order valence-electron chi connectivity index (χ2n) is 8.04.